The summed E-state index contributed by atoms with van der Waals surface area (Å²) in [5.74, 6) is 0.974. The molecule has 0 aliphatic rings. The van der Waals surface area contributed by atoms with E-state index < -0.39 is 0 Å². The zero-order valence-electron chi connectivity index (χ0n) is 11.2. The molecule has 3 nitrogen and oxygen atoms in total. The van der Waals surface area contributed by atoms with Crippen molar-refractivity contribution in [2.75, 3.05) is 14.2 Å². The maximum absolute atomic E-state index is 12.4. The molecule has 1 rings (SSSR count). The number of likely N-dealkylation sites (N-methyl/N-ethyl adjacent to an activating group) is 1. The van der Waals surface area contributed by atoms with Crippen LogP contribution in [0.3, 0.4) is 0 Å². The molecule has 0 aliphatic carbocycles. The van der Waals surface area contributed by atoms with Gasteiger partial charge in [-0.2, -0.15) is 0 Å². The second kappa shape index (κ2) is 5.82. The van der Waals surface area contributed by atoms with Crippen molar-refractivity contribution in [3.05, 3.63) is 29.3 Å². The predicted octanol–water partition coefficient (Wildman–Crippen LogP) is 2.43. The highest BCUT2D eigenvalue weighted by Crippen LogP contribution is 2.22. The molecule has 0 aliphatic heterocycles. The number of hydrogen-bond acceptors (Lipinski definition) is 3. The summed E-state index contributed by atoms with van der Waals surface area (Å²) in [5, 5.41) is 3.07. The fourth-order valence-electron chi connectivity index (χ4n) is 1.95. The summed E-state index contributed by atoms with van der Waals surface area (Å²) in [6.45, 7) is 6.03. The summed E-state index contributed by atoms with van der Waals surface area (Å²) in [4.78, 5) is 12.4. The number of carbonyl (C=O) groups is 1. The Bertz CT molecular complexity index is 399. The lowest BCUT2D eigenvalue weighted by atomic mass is 9.94. The van der Waals surface area contributed by atoms with Gasteiger partial charge in [-0.05, 0) is 32.0 Å². The zero-order chi connectivity index (χ0) is 13.0. The molecule has 1 aromatic carbocycles. The minimum Gasteiger partial charge on any atom is -0.496 e. The molecule has 1 N–H and O–H groups in total. The molecule has 1 atom stereocenters. The Kier molecular flexibility index (Phi) is 4.70. The van der Waals surface area contributed by atoms with E-state index in [9.17, 15) is 4.79 Å². The maximum atomic E-state index is 12.4. The second-order valence-corrected chi connectivity index (χ2v) is 4.58. The number of rotatable bonds is 5. The van der Waals surface area contributed by atoms with E-state index in [1.165, 1.54) is 0 Å². The van der Waals surface area contributed by atoms with Gasteiger partial charge in [-0.25, -0.2) is 0 Å². The Balaban J connectivity index is 3.13. The molecule has 0 amide bonds. The van der Waals surface area contributed by atoms with E-state index in [-0.39, 0.29) is 17.7 Å². The first-order valence-corrected chi connectivity index (χ1v) is 5.87. The number of hydrogen-bond donors (Lipinski definition) is 1. The molecule has 1 aromatic rings. The van der Waals surface area contributed by atoms with Crippen molar-refractivity contribution in [2.24, 2.45) is 5.92 Å². The Morgan fingerprint density at radius 2 is 2.00 bits per heavy atom. The Labute approximate surface area is 103 Å². The van der Waals surface area contributed by atoms with Crippen LogP contribution in [0.1, 0.15) is 29.8 Å². The van der Waals surface area contributed by atoms with Gasteiger partial charge in [0.05, 0.1) is 18.7 Å². The van der Waals surface area contributed by atoms with Crippen LogP contribution in [0.15, 0.2) is 18.2 Å². The summed E-state index contributed by atoms with van der Waals surface area (Å²) in [5.41, 5.74) is 1.72. The minimum atomic E-state index is -0.175. The number of benzene rings is 1. The molecule has 0 fully saturated rings. The molecular formula is C14H21NO2. The molecule has 0 aromatic heterocycles. The van der Waals surface area contributed by atoms with Gasteiger partial charge in [-0.1, -0.05) is 25.5 Å². The second-order valence-electron chi connectivity index (χ2n) is 4.58. The number of nitrogens with one attached hydrogen (secondary N) is 1. The molecular weight excluding hydrogens is 214 g/mol. The molecule has 0 saturated carbocycles. The van der Waals surface area contributed by atoms with Crippen LogP contribution in [-0.4, -0.2) is 26.0 Å². The van der Waals surface area contributed by atoms with Crippen LogP contribution in [0.4, 0.5) is 0 Å². The minimum absolute atomic E-state index is 0.0862. The van der Waals surface area contributed by atoms with E-state index in [0.29, 0.717) is 11.3 Å². The Morgan fingerprint density at radius 3 is 2.47 bits per heavy atom. The van der Waals surface area contributed by atoms with Gasteiger partial charge in [0.1, 0.15) is 5.75 Å². The highest BCUT2D eigenvalue weighted by atomic mass is 16.5. The monoisotopic (exact) mass is 235 g/mol. The zero-order valence-corrected chi connectivity index (χ0v) is 11.2. The molecule has 1 unspecified atom stereocenters. The fourth-order valence-corrected chi connectivity index (χ4v) is 1.95. The van der Waals surface area contributed by atoms with Crippen LogP contribution in [0, 0.1) is 12.8 Å². The van der Waals surface area contributed by atoms with Gasteiger partial charge in [0.15, 0.2) is 5.78 Å². The molecule has 0 saturated heterocycles. The van der Waals surface area contributed by atoms with Crippen LogP contribution in [0.25, 0.3) is 0 Å². The fraction of sp³-hybridized carbons (Fsp3) is 0.500. The van der Waals surface area contributed by atoms with E-state index in [0.717, 1.165) is 5.56 Å². The summed E-state index contributed by atoms with van der Waals surface area (Å²) in [7, 11) is 3.40. The standard InChI is InChI=1S/C14H21NO2/c1-9(2)13(15-4)14(16)11-8-10(3)6-7-12(11)17-5/h6-9,13,15H,1-5H3. The quantitative estimate of drug-likeness (QED) is 0.797. The van der Waals surface area contributed by atoms with E-state index in [4.69, 9.17) is 4.74 Å². The molecule has 0 bridgehead atoms. The van der Waals surface area contributed by atoms with Crippen molar-refractivity contribution in [1.29, 1.82) is 0 Å². The van der Waals surface area contributed by atoms with Crippen LogP contribution in [-0.2, 0) is 0 Å². The summed E-state index contributed by atoms with van der Waals surface area (Å²) in [6.07, 6.45) is 0. The van der Waals surface area contributed by atoms with Gasteiger partial charge < -0.3 is 10.1 Å². The largest absolute Gasteiger partial charge is 0.496 e. The van der Waals surface area contributed by atoms with Gasteiger partial charge >= 0.3 is 0 Å². The summed E-state index contributed by atoms with van der Waals surface area (Å²) < 4.78 is 5.25. The third-order valence-electron chi connectivity index (χ3n) is 2.88. The van der Waals surface area contributed by atoms with E-state index >= 15 is 0 Å². The maximum Gasteiger partial charge on any atom is 0.183 e. The van der Waals surface area contributed by atoms with Gasteiger partial charge in [-0.3, -0.25) is 4.79 Å². The van der Waals surface area contributed by atoms with E-state index in [1.54, 1.807) is 7.11 Å². The van der Waals surface area contributed by atoms with Gasteiger partial charge in [-0.15, -0.1) is 0 Å². The lowest BCUT2D eigenvalue weighted by molar-refractivity contribution is 0.0919. The number of carbonyl (C=O) groups excluding carboxylic acids is 1. The third kappa shape index (κ3) is 3.07. The van der Waals surface area contributed by atoms with Crippen molar-refractivity contribution >= 4 is 5.78 Å². The number of ketones is 1. The number of methoxy groups -OCH3 is 1. The van der Waals surface area contributed by atoms with Gasteiger partial charge in [0, 0.05) is 0 Å². The van der Waals surface area contributed by atoms with Crippen molar-refractivity contribution in [3.8, 4) is 5.75 Å². The van der Waals surface area contributed by atoms with Crippen molar-refractivity contribution in [2.45, 2.75) is 26.8 Å². The molecule has 3 heteroatoms. The average Bonchev–Trinajstić information content (AvgIpc) is 2.29. The summed E-state index contributed by atoms with van der Waals surface area (Å²) >= 11 is 0. The third-order valence-corrected chi connectivity index (χ3v) is 2.88. The van der Waals surface area contributed by atoms with Crippen LogP contribution in [0.2, 0.25) is 0 Å². The number of aryl methyl sites for hydroxylation is 1. The smallest absolute Gasteiger partial charge is 0.183 e. The summed E-state index contributed by atoms with van der Waals surface area (Å²) in [6, 6.07) is 5.49. The van der Waals surface area contributed by atoms with E-state index in [2.05, 4.69) is 5.32 Å². The molecule has 94 valence electrons. The highest BCUT2D eigenvalue weighted by molar-refractivity contribution is 6.02. The Morgan fingerprint density at radius 1 is 1.35 bits per heavy atom. The molecule has 0 spiro atoms. The predicted molar refractivity (Wildman–Crippen MR) is 69.7 cm³/mol. The highest BCUT2D eigenvalue weighted by Gasteiger charge is 2.24. The topological polar surface area (TPSA) is 38.3 Å². The van der Waals surface area contributed by atoms with Gasteiger partial charge in [0.25, 0.3) is 0 Å². The first kappa shape index (κ1) is 13.7. The first-order chi connectivity index (χ1) is 8.01. The molecule has 0 radical (unpaired) electrons. The SMILES string of the molecule is CNC(C(=O)c1cc(C)ccc1OC)C(C)C. The van der Waals surface area contributed by atoms with Crippen molar-refractivity contribution < 1.29 is 9.53 Å². The average molecular weight is 235 g/mol. The molecule has 17 heavy (non-hydrogen) atoms. The normalized spacial score (nSPS) is 12.6. The number of ether oxygens (including phenoxy) is 1. The van der Waals surface area contributed by atoms with Gasteiger partial charge in [0.2, 0.25) is 0 Å². The lowest BCUT2D eigenvalue weighted by Crippen LogP contribution is -2.38. The van der Waals surface area contributed by atoms with E-state index in [1.807, 2.05) is 46.0 Å². The number of Topliss-reactive ketones (excluding diaryl/α,β-unsaturated/α-hetero) is 1. The first-order valence-electron chi connectivity index (χ1n) is 5.87. The van der Waals surface area contributed by atoms with Crippen LogP contribution in [0.5, 0.6) is 5.75 Å². The van der Waals surface area contributed by atoms with Crippen molar-refractivity contribution in [3.63, 3.8) is 0 Å². The Hall–Kier alpha value is -1.35. The lowest BCUT2D eigenvalue weighted by Gasteiger charge is -2.20. The van der Waals surface area contributed by atoms with Crippen LogP contribution < -0.4 is 10.1 Å². The van der Waals surface area contributed by atoms with Crippen molar-refractivity contribution in [1.82, 2.24) is 5.32 Å². The molecule has 0 heterocycles. The van der Waals surface area contributed by atoms with Crippen LogP contribution >= 0.6 is 0 Å².